The van der Waals surface area contributed by atoms with Gasteiger partial charge in [0, 0.05) is 6.42 Å². The summed E-state index contributed by atoms with van der Waals surface area (Å²) in [5, 5.41) is 0. The molecule has 0 aliphatic heterocycles. The van der Waals surface area contributed by atoms with Crippen molar-refractivity contribution < 1.29 is 4.79 Å². The van der Waals surface area contributed by atoms with Gasteiger partial charge in [0.25, 0.3) is 0 Å². The standard InChI is InChI=1S/C9H14O/c1-4-6-8(3)9(10)7-5-2/h4,6H,1,5,7H2,2-3H3. The van der Waals surface area contributed by atoms with Crippen molar-refractivity contribution in [2.75, 3.05) is 0 Å². The Morgan fingerprint density at radius 2 is 2.20 bits per heavy atom. The van der Waals surface area contributed by atoms with E-state index < -0.39 is 0 Å². The van der Waals surface area contributed by atoms with Gasteiger partial charge in [-0.05, 0) is 18.9 Å². The van der Waals surface area contributed by atoms with Gasteiger partial charge in [0.05, 0.1) is 0 Å². The van der Waals surface area contributed by atoms with E-state index in [1.165, 1.54) is 0 Å². The van der Waals surface area contributed by atoms with Crippen LogP contribution in [0.4, 0.5) is 0 Å². The molecule has 0 saturated heterocycles. The number of carbonyl (C=O) groups excluding carboxylic acids is 1. The lowest BCUT2D eigenvalue weighted by Crippen LogP contribution is -1.97. The van der Waals surface area contributed by atoms with Gasteiger partial charge >= 0.3 is 0 Å². The molecule has 0 heterocycles. The van der Waals surface area contributed by atoms with E-state index in [2.05, 4.69) is 6.58 Å². The number of rotatable bonds is 4. The fourth-order valence-corrected chi connectivity index (χ4v) is 0.694. The SMILES string of the molecule is C=CC=C(C)C(=O)CCC. The van der Waals surface area contributed by atoms with Gasteiger partial charge in [-0.15, -0.1) is 0 Å². The van der Waals surface area contributed by atoms with E-state index in [0.29, 0.717) is 6.42 Å². The summed E-state index contributed by atoms with van der Waals surface area (Å²) in [6.45, 7) is 7.33. The van der Waals surface area contributed by atoms with Crippen LogP contribution in [0.25, 0.3) is 0 Å². The molecule has 56 valence electrons. The third kappa shape index (κ3) is 3.23. The smallest absolute Gasteiger partial charge is 0.158 e. The van der Waals surface area contributed by atoms with Crippen LogP contribution in [0.2, 0.25) is 0 Å². The molecule has 1 heteroatoms. The van der Waals surface area contributed by atoms with E-state index in [9.17, 15) is 4.79 Å². The van der Waals surface area contributed by atoms with Crippen LogP contribution < -0.4 is 0 Å². The van der Waals surface area contributed by atoms with E-state index in [1.54, 1.807) is 12.2 Å². The molecule has 0 aliphatic rings. The molecule has 0 radical (unpaired) electrons. The molecule has 0 atom stereocenters. The maximum Gasteiger partial charge on any atom is 0.158 e. The average Bonchev–Trinajstić information content (AvgIpc) is 1.89. The van der Waals surface area contributed by atoms with Gasteiger partial charge in [0.2, 0.25) is 0 Å². The minimum absolute atomic E-state index is 0.224. The highest BCUT2D eigenvalue weighted by atomic mass is 16.1. The van der Waals surface area contributed by atoms with E-state index >= 15 is 0 Å². The number of ketones is 1. The topological polar surface area (TPSA) is 17.1 Å². The van der Waals surface area contributed by atoms with Crippen molar-refractivity contribution in [3.63, 3.8) is 0 Å². The maximum atomic E-state index is 11.0. The number of carbonyl (C=O) groups is 1. The Bertz CT molecular complexity index is 154. The summed E-state index contributed by atoms with van der Waals surface area (Å²) in [7, 11) is 0. The summed E-state index contributed by atoms with van der Waals surface area (Å²) in [5.74, 6) is 0.224. The van der Waals surface area contributed by atoms with Crippen LogP contribution in [0.5, 0.6) is 0 Å². The highest BCUT2D eigenvalue weighted by molar-refractivity contribution is 5.94. The van der Waals surface area contributed by atoms with Gasteiger partial charge in [-0.2, -0.15) is 0 Å². The van der Waals surface area contributed by atoms with Crippen molar-refractivity contribution in [3.8, 4) is 0 Å². The van der Waals surface area contributed by atoms with Crippen LogP contribution in [0, 0.1) is 0 Å². The lowest BCUT2D eigenvalue weighted by atomic mass is 10.1. The fourth-order valence-electron chi connectivity index (χ4n) is 0.694. The molecule has 0 unspecified atom stereocenters. The van der Waals surface area contributed by atoms with Crippen molar-refractivity contribution in [2.24, 2.45) is 0 Å². The summed E-state index contributed by atoms with van der Waals surface area (Å²) < 4.78 is 0. The van der Waals surface area contributed by atoms with Crippen LogP contribution in [0.3, 0.4) is 0 Å². The minimum atomic E-state index is 0.224. The van der Waals surface area contributed by atoms with Gasteiger partial charge in [0.1, 0.15) is 0 Å². The van der Waals surface area contributed by atoms with Crippen LogP contribution in [0.15, 0.2) is 24.3 Å². The van der Waals surface area contributed by atoms with E-state index in [1.807, 2.05) is 13.8 Å². The second kappa shape index (κ2) is 4.98. The van der Waals surface area contributed by atoms with Crippen molar-refractivity contribution in [1.82, 2.24) is 0 Å². The lowest BCUT2D eigenvalue weighted by molar-refractivity contribution is -0.115. The summed E-state index contributed by atoms with van der Waals surface area (Å²) >= 11 is 0. The van der Waals surface area contributed by atoms with Gasteiger partial charge in [-0.3, -0.25) is 4.79 Å². The van der Waals surface area contributed by atoms with Gasteiger partial charge in [0.15, 0.2) is 5.78 Å². The summed E-state index contributed by atoms with van der Waals surface area (Å²) in [6, 6.07) is 0. The molecule has 0 aromatic carbocycles. The molecular formula is C9H14O. The van der Waals surface area contributed by atoms with Crippen LogP contribution in [-0.2, 0) is 4.79 Å². The van der Waals surface area contributed by atoms with Crippen molar-refractivity contribution in [3.05, 3.63) is 24.3 Å². The fraction of sp³-hybridized carbons (Fsp3) is 0.444. The predicted molar refractivity (Wildman–Crippen MR) is 43.9 cm³/mol. The zero-order valence-corrected chi connectivity index (χ0v) is 6.68. The zero-order chi connectivity index (χ0) is 7.98. The second-order valence-corrected chi connectivity index (χ2v) is 2.26. The lowest BCUT2D eigenvalue weighted by Gasteiger charge is -1.94. The first-order valence-electron chi connectivity index (χ1n) is 3.55. The monoisotopic (exact) mass is 138 g/mol. The Morgan fingerprint density at radius 3 is 2.60 bits per heavy atom. The van der Waals surface area contributed by atoms with E-state index in [-0.39, 0.29) is 5.78 Å². The molecule has 0 aromatic heterocycles. The Kier molecular flexibility index (Phi) is 4.55. The Hall–Kier alpha value is -0.850. The molecule has 0 rings (SSSR count). The number of hydrogen-bond donors (Lipinski definition) is 0. The predicted octanol–water partition coefficient (Wildman–Crippen LogP) is 2.49. The molecule has 0 aromatic rings. The average molecular weight is 138 g/mol. The van der Waals surface area contributed by atoms with Crippen LogP contribution in [0.1, 0.15) is 26.7 Å². The quantitative estimate of drug-likeness (QED) is 0.431. The van der Waals surface area contributed by atoms with E-state index in [0.717, 1.165) is 12.0 Å². The largest absolute Gasteiger partial charge is 0.295 e. The third-order valence-electron chi connectivity index (χ3n) is 1.28. The molecule has 1 nitrogen and oxygen atoms in total. The molecule has 0 amide bonds. The molecular weight excluding hydrogens is 124 g/mol. The molecule has 0 fully saturated rings. The first-order chi connectivity index (χ1) is 4.72. The Labute approximate surface area is 62.4 Å². The summed E-state index contributed by atoms with van der Waals surface area (Å²) in [6.07, 6.45) is 4.96. The number of allylic oxidation sites excluding steroid dienone is 3. The first kappa shape index (κ1) is 9.15. The zero-order valence-electron chi connectivity index (χ0n) is 6.68. The number of Topliss-reactive ketones (excluding diaryl/α,β-unsaturated/α-hetero) is 1. The first-order valence-corrected chi connectivity index (χ1v) is 3.55. The summed E-state index contributed by atoms with van der Waals surface area (Å²) in [4.78, 5) is 11.0. The third-order valence-corrected chi connectivity index (χ3v) is 1.28. The highest BCUT2D eigenvalue weighted by Crippen LogP contribution is 2.00. The highest BCUT2D eigenvalue weighted by Gasteiger charge is 1.99. The van der Waals surface area contributed by atoms with Crippen molar-refractivity contribution >= 4 is 5.78 Å². The second-order valence-electron chi connectivity index (χ2n) is 2.26. The molecule has 0 spiro atoms. The van der Waals surface area contributed by atoms with Crippen molar-refractivity contribution in [1.29, 1.82) is 0 Å². The molecule has 0 aliphatic carbocycles. The Balaban J connectivity index is 3.93. The maximum absolute atomic E-state index is 11.0. The molecule has 0 bridgehead atoms. The van der Waals surface area contributed by atoms with Gasteiger partial charge in [-0.1, -0.05) is 25.7 Å². The van der Waals surface area contributed by atoms with Crippen molar-refractivity contribution in [2.45, 2.75) is 26.7 Å². The van der Waals surface area contributed by atoms with Gasteiger partial charge in [-0.25, -0.2) is 0 Å². The summed E-state index contributed by atoms with van der Waals surface area (Å²) in [5.41, 5.74) is 0.803. The molecule has 10 heavy (non-hydrogen) atoms. The minimum Gasteiger partial charge on any atom is -0.295 e. The molecule has 0 saturated carbocycles. The van der Waals surface area contributed by atoms with E-state index in [4.69, 9.17) is 0 Å². The van der Waals surface area contributed by atoms with Crippen LogP contribution in [-0.4, -0.2) is 5.78 Å². The molecule has 0 N–H and O–H groups in total. The normalized spacial score (nSPS) is 11.2. The van der Waals surface area contributed by atoms with Gasteiger partial charge < -0.3 is 0 Å². The number of hydrogen-bond acceptors (Lipinski definition) is 1. The van der Waals surface area contributed by atoms with Crippen LogP contribution >= 0.6 is 0 Å². The Morgan fingerprint density at radius 1 is 1.60 bits per heavy atom.